The highest BCUT2D eigenvalue weighted by Gasteiger charge is 2.26. The highest BCUT2D eigenvalue weighted by Crippen LogP contribution is 2.15. The average molecular weight is 386 g/mol. The van der Waals surface area contributed by atoms with E-state index in [-0.39, 0.29) is 17.2 Å². The molecule has 1 aliphatic heterocycles. The fourth-order valence-corrected chi connectivity index (χ4v) is 3.91. The first-order chi connectivity index (χ1) is 13.0. The summed E-state index contributed by atoms with van der Waals surface area (Å²) in [5, 5.41) is 0. The first-order valence-corrected chi connectivity index (χ1v) is 10.4. The van der Waals surface area contributed by atoms with E-state index < -0.39 is 10.0 Å². The van der Waals surface area contributed by atoms with Crippen molar-refractivity contribution < 1.29 is 13.2 Å². The van der Waals surface area contributed by atoms with Crippen LogP contribution in [0.1, 0.15) is 23.0 Å². The Hall–Kier alpha value is -2.58. The van der Waals surface area contributed by atoms with E-state index in [0.29, 0.717) is 32.0 Å². The molecule has 2 heterocycles. The number of rotatable bonds is 6. The molecular weight excluding hydrogens is 364 g/mol. The number of benzene rings is 1. The second-order valence-corrected chi connectivity index (χ2v) is 8.42. The van der Waals surface area contributed by atoms with Crippen molar-refractivity contribution in [2.24, 2.45) is 0 Å². The standard InChI is InChI=1S/C19H22N4O3S/c1-2-27(25,26)23-12-10-22(11-13-23)19-15-20-14-17(21-19)18(24)9-8-16-6-4-3-5-7-16/h3-9,14-15H,2,10-13H2,1H3. The van der Waals surface area contributed by atoms with Crippen LogP contribution in [-0.4, -0.2) is 60.4 Å². The van der Waals surface area contributed by atoms with Gasteiger partial charge in [0.2, 0.25) is 15.8 Å². The van der Waals surface area contributed by atoms with E-state index in [1.807, 2.05) is 35.2 Å². The lowest BCUT2D eigenvalue weighted by Gasteiger charge is -2.34. The van der Waals surface area contributed by atoms with Crippen molar-refractivity contribution in [1.29, 1.82) is 0 Å². The summed E-state index contributed by atoms with van der Waals surface area (Å²) in [6.45, 7) is 3.50. The van der Waals surface area contributed by atoms with Crippen LogP contribution in [0.3, 0.4) is 0 Å². The van der Waals surface area contributed by atoms with Gasteiger partial charge < -0.3 is 4.90 Å². The number of carbonyl (C=O) groups is 1. The fraction of sp³-hybridized carbons (Fsp3) is 0.316. The summed E-state index contributed by atoms with van der Waals surface area (Å²) < 4.78 is 25.4. The van der Waals surface area contributed by atoms with Crippen molar-refractivity contribution in [3.8, 4) is 0 Å². The van der Waals surface area contributed by atoms with Gasteiger partial charge in [0, 0.05) is 26.2 Å². The molecule has 8 heteroatoms. The Labute approximate surface area is 159 Å². The zero-order valence-corrected chi connectivity index (χ0v) is 16.0. The largest absolute Gasteiger partial charge is 0.353 e. The molecule has 0 saturated carbocycles. The van der Waals surface area contributed by atoms with Crippen molar-refractivity contribution in [3.05, 3.63) is 60.1 Å². The Bertz CT molecular complexity index is 921. The number of hydrogen-bond acceptors (Lipinski definition) is 6. The molecule has 27 heavy (non-hydrogen) atoms. The molecule has 0 bridgehead atoms. The molecule has 0 unspecified atom stereocenters. The maximum Gasteiger partial charge on any atom is 0.213 e. The van der Waals surface area contributed by atoms with Crippen LogP contribution in [0.4, 0.5) is 5.82 Å². The third-order valence-electron chi connectivity index (χ3n) is 4.42. The quantitative estimate of drug-likeness (QED) is 0.556. The number of sulfonamides is 1. The molecule has 0 atom stereocenters. The van der Waals surface area contributed by atoms with Gasteiger partial charge in [0.15, 0.2) is 0 Å². The summed E-state index contributed by atoms with van der Waals surface area (Å²) in [4.78, 5) is 22.9. The predicted octanol–water partition coefficient (Wildman–Crippen LogP) is 1.84. The minimum atomic E-state index is -3.17. The van der Waals surface area contributed by atoms with Gasteiger partial charge in [0.1, 0.15) is 11.5 Å². The smallest absolute Gasteiger partial charge is 0.213 e. The van der Waals surface area contributed by atoms with Crippen LogP contribution in [0.15, 0.2) is 48.8 Å². The molecule has 1 aromatic heterocycles. The van der Waals surface area contributed by atoms with Gasteiger partial charge in [-0.15, -0.1) is 0 Å². The molecule has 0 spiro atoms. The molecule has 0 radical (unpaired) electrons. The van der Waals surface area contributed by atoms with Gasteiger partial charge in [0.05, 0.1) is 18.1 Å². The number of ketones is 1. The number of carbonyl (C=O) groups excluding carboxylic acids is 1. The third-order valence-corrected chi connectivity index (χ3v) is 6.30. The Kier molecular flexibility index (Phi) is 5.98. The fourth-order valence-electron chi connectivity index (χ4n) is 2.83. The van der Waals surface area contributed by atoms with Crippen LogP contribution in [0.2, 0.25) is 0 Å². The van der Waals surface area contributed by atoms with Crippen molar-refractivity contribution in [2.45, 2.75) is 6.92 Å². The minimum Gasteiger partial charge on any atom is -0.353 e. The normalized spacial score (nSPS) is 16.0. The maximum atomic E-state index is 12.4. The van der Waals surface area contributed by atoms with E-state index in [2.05, 4.69) is 9.97 Å². The van der Waals surface area contributed by atoms with Gasteiger partial charge >= 0.3 is 0 Å². The summed E-state index contributed by atoms with van der Waals surface area (Å²) in [6, 6.07) is 9.55. The average Bonchev–Trinajstić information content (AvgIpc) is 2.73. The van der Waals surface area contributed by atoms with E-state index in [1.54, 1.807) is 19.2 Å². The summed E-state index contributed by atoms with van der Waals surface area (Å²) in [7, 11) is -3.17. The summed E-state index contributed by atoms with van der Waals surface area (Å²) in [6.07, 6.45) is 6.26. The van der Waals surface area contributed by atoms with Gasteiger partial charge in [-0.1, -0.05) is 36.4 Å². The molecule has 142 valence electrons. The summed E-state index contributed by atoms with van der Waals surface area (Å²) >= 11 is 0. The van der Waals surface area contributed by atoms with Gasteiger partial charge in [0.25, 0.3) is 0 Å². The van der Waals surface area contributed by atoms with Crippen LogP contribution in [0, 0.1) is 0 Å². The Morgan fingerprint density at radius 2 is 1.81 bits per heavy atom. The third kappa shape index (κ3) is 4.78. The summed E-state index contributed by atoms with van der Waals surface area (Å²) in [5.74, 6) is 0.466. The Morgan fingerprint density at radius 3 is 2.48 bits per heavy atom. The molecule has 7 nitrogen and oxygen atoms in total. The van der Waals surface area contributed by atoms with E-state index in [1.165, 1.54) is 16.6 Å². The van der Waals surface area contributed by atoms with Gasteiger partial charge in [-0.2, -0.15) is 4.31 Å². The molecule has 2 aromatic rings. The second kappa shape index (κ2) is 8.41. The molecule has 0 amide bonds. The number of allylic oxidation sites excluding steroid dienone is 1. The lowest BCUT2D eigenvalue weighted by Crippen LogP contribution is -2.49. The minimum absolute atomic E-state index is 0.102. The molecule has 3 rings (SSSR count). The number of anilines is 1. The van der Waals surface area contributed by atoms with Crippen molar-refractivity contribution in [1.82, 2.24) is 14.3 Å². The van der Waals surface area contributed by atoms with Crippen LogP contribution < -0.4 is 4.90 Å². The lowest BCUT2D eigenvalue weighted by atomic mass is 10.2. The topological polar surface area (TPSA) is 83.5 Å². The van der Waals surface area contributed by atoms with Gasteiger partial charge in [-0.05, 0) is 18.6 Å². The SMILES string of the molecule is CCS(=O)(=O)N1CCN(c2cncc(C(=O)C=Cc3ccccc3)n2)CC1. The zero-order chi connectivity index (χ0) is 19.3. The molecule has 1 saturated heterocycles. The van der Waals surface area contributed by atoms with E-state index in [0.717, 1.165) is 5.56 Å². The first-order valence-electron chi connectivity index (χ1n) is 8.82. The zero-order valence-electron chi connectivity index (χ0n) is 15.2. The number of hydrogen-bond donors (Lipinski definition) is 0. The van der Waals surface area contributed by atoms with E-state index in [9.17, 15) is 13.2 Å². The molecular formula is C19H22N4O3S. The predicted molar refractivity (Wildman–Crippen MR) is 105 cm³/mol. The molecule has 1 aromatic carbocycles. The van der Waals surface area contributed by atoms with E-state index in [4.69, 9.17) is 0 Å². The maximum absolute atomic E-state index is 12.4. The molecule has 1 aliphatic rings. The Balaban J connectivity index is 1.67. The van der Waals surface area contributed by atoms with E-state index >= 15 is 0 Å². The van der Waals surface area contributed by atoms with Crippen LogP contribution in [0.5, 0.6) is 0 Å². The van der Waals surface area contributed by atoms with Gasteiger partial charge in [-0.25, -0.2) is 13.4 Å². The first kappa shape index (κ1) is 19.2. The van der Waals surface area contributed by atoms with Crippen molar-refractivity contribution in [2.75, 3.05) is 36.8 Å². The number of piperazine rings is 1. The van der Waals surface area contributed by atoms with Crippen molar-refractivity contribution in [3.63, 3.8) is 0 Å². The highest BCUT2D eigenvalue weighted by atomic mass is 32.2. The van der Waals surface area contributed by atoms with Crippen LogP contribution in [-0.2, 0) is 10.0 Å². The van der Waals surface area contributed by atoms with Crippen LogP contribution in [0.25, 0.3) is 6.08 Å². The number of aromatic nitrogens is 2. The highest BCUT2D eigenvalue weighted by molar-refractivity contribution is 7.89. The number of nitrogens with zero attached hydrogens (tertiary/aromatic N) is 4. The van der Waals surface area contributed by atoms with Gasteiger partial charge in [-0.3, -0.25) is 9.78 Å². The second-order valence-electron chi connectivity index (χ2n) is 6.16. The Morgan fingerprint density at radius 1 is 1.11 bits per heavy atom. The lowest BCUT2D eigenvalue weighted by molar-refractivity contribution is 0.104. The monoisotopic (exact) mass is 386 g/mol. The van der Waals surface area contributed by atoms with Crippen LogP contribution >= 0.6 is 0 Å². The van der Waals surface area contributed by atoms with Crippen molar-refractivity contribution >= 4 is 27.7 Å². The molecule has 1 fully saturated rings. The molecule has 0 N–H and O–H groups in total. The molecule has 0 aliphatic carbocycles. The summed E-state index contributed by atoms with van der Waals surface area (Å²) in [5.41, 5.74) is 1.20.